The van der Waals surface area contributed by atoms with Gasteiger partial charge in [-0.15, -0.1) is 0 Å². The Morgan fingerprint density at radius 2 is 2.12 bits per heavy atom. The van der Waals surface area contributed by atoms with Crippen LogP contribution in [-0.2, 0) is 11.8 Å². The molecule has 0 spiro atoms. The van der Waals surface area contributed by atoms with Crippen LogP contribution in [-0.4, -0.2) is 13.6 Å². The van der Waals surface area contributed by atoms with E-state index in [0.717, 1.165) is 13.0 Å². The number of fused-ring (bicyclic) bond motifs is 1. The number of nitrogens with one attached hydrogen (secondary N) is 1. The lowest BCUT2D eigenvalue weighted by Gasteiger charge is -2.37. The van der Waals surface area contributed by atoms with Gasteiger partial charge < -0.3 is 5.32 Å². The first-order chi connectivity index (χ1) is 8.08. The molecule has 1 atom stereocenters. The zero-order valence-electron chi connectivity index (χ0n) is 11.6. The van der Waals surface area contributed by atoms with Gasteiger partial charge in [0.1, 0.15) is 0 Å². The van der Waals surface area contributed by atoms with Crippen molar-refractivity contribution in [3.05, 3.63) is 34.9 Å². The van der Waals surface area contributed by atoms with Crippen molar-refractivity contribution in [3.63, 3.8) is 0 Å². The van der Waals surface area contributed by atoms with Gasteiger partial charge >= 0.3 is 0 Å². The van der Waals surface area contributed by atoms with Gasteiger partial charge in [-0.3, -0.25) is 0 Å². The monoisotopic (exact) mass is 231 g/mol. The van der Waals surface area contributed by atoms with Crippen molar-refractivity contribution in [2.45, 2.75) is 51.4 Å². The predicted molar refractivity (Wildman–Crippen MR) is 74.7 cm³/mol. The second kappa shape index (κ2) is 4.81. The standard InChI is InChI=1S/C16H25N/c1-5-12-6-7-15-14(10-12)13(11-17-4)8-9-16(15,2)3/h6-7,10,13,17H,5,8-9,11H2,1-4H3. The molecular formula is C16H25N. The Morgan fingerprint density at radius 3 is 2.76 bits per heavy atom. The van der Waals surface area contributed by atoms with Crippen LogP contribution in [0.5, 0.6) is 0 Å². The second-order valence-corrected chi connectivity index (χ2v) is 5.95. The average molecular weight is 231 g/mol. The average Bonchev–Trinajstić information content (AvgIpc) is 2.32. The molecule has 0 bridgehead atoms. The Labute approximate surface area is 106 Å². The third-order valence-corrected chi connectivity index (χ3v) is 4.26. The Hall–Kier alpha value is -0.820. The van der Waals surface area contributed by atoms with E-state index in [2.05, 4.69) is 51.3 Å². The lowest BCUT2D eigenvalue weighted by Crippen LogP contribution is -2.30. The highest BCUT2D eigenvalue weighted by Gasteiger charge is 2.32. The zero-order chi connectivity index (χ0) is 12.5. The fourth-order valence-electron chi connectivity index (χ4n) is 3.07. The summed E-state index contributed by atoms with van der Waals surface area (Å²) in [5.41, 5.74) is 4.99. The van der Waals surface area contributed by atoms with Crippen molar-refractivity contribution in [3.8, 4) is 0 Å². The van der Waals surface area contributed by atoms with E-state index in [9.17, 15) is 0 Å². The van der Waals surface area contributed by atoms with Crippen LogP contribution in [0, 0.1) is 0 Å². The molecular weight excluding hydrogens is 206 g/mol. The normalized spacial score (nSPS) is 22.2. The molecule has 1 aromatic rings. The minimum Gasteiger partial charge on any atom is -0.319 e. The van der Waals surface area contributed by atoms with Gasteiger partial charge in [-0.25, -0.2) is 0 Å². The highest BCUT2D eigenvalue weighted by atomic mass is 14.8. The molecule has 1 aliphatic rings. The molecule has 1 N–H and O–H groups in total. The molecule has 0 aliphatic heterocycles. The Kier molecular flexibility index (Phi) is 3.58. The summed E-state index contributed by atoms with van der Waals surface area (Å²) in [6.07, 6.45) is 3.76. The van der Waals surface area contributed by atoms with Gasteiger partial charge in [0.2, 0.25) is 0 Å². The van der Waals surface area contributed by atoms with E-state index in [0.29, 0.717) is 11.3 Å². The van der Waals surface area contributed by atoms with Crippen LogP contribution in [0.2, 0.25) is 0 Å². The van der Waals surface area contributed by atoms with Crippen molar-refractivity contribution in [1.82, 2.24) is 5.32 Å². The van der Waals surface area contributed by atoms with E-state index >= 15 is 0 Å². The third-order valence-electron chi connectivity index (χ3n) is 4.26. The van der Waals surface area contributed by atoms with Crippen molar-refractivity contribution in [1.29, 1.82) is 0 Å². The van der Waals surface area contributed by atoms with E-state index in [1.54, 1.807) is 11.1 Å². The largest absolute Gasteiger partial charge is 0.319 e. The second-order valence-electron chi connectivity index (χ2n) is 5.95. The first-order valence-electron chi connectivity index (χ1n) is 6.86. The maximum absolute atomic E-state index is 3.34. The molecule has 1 aromatic carbocycles. The minimum absolute atomic E-state index is 0.353. The van der Waals surface area contributed by atoms with Crippen LogP contribution >= 0.6 is 0 Å². The molecule has 1 nitrogen and oxygen atoms in total. The zero-order valence-corrected chi connectivity index (χ0v) is 11.6. The van der Waals surface area contributed by atoms with Crippen LogP contribution < -0.4 is 5.32 Å². The number of benzene rings is 1. The first-order valence-corrected chi connectivity index (χ1v) is 6.86. The van der Waals surface area contributed by atoms with Gasteiger partial charge in [-0.2, -0.15) is 0 Å². The molecule has 0 saturated carbocycles. The molecule has 1 unspecified atom stereocenters. The number of rotatable bonds is 3. The van der Waals surface area contributed by atoms with Crippen molar-refractivity contribution in [2.75, 3.05) is 13.6 Å². The lowest BCUT2D eigenvalue weighted by molar-refractivity contribution is 0.386. The molecule has 0 amide bonds. The fourth-order valence-corrected chi connectivity index (χ4v) is 3.07. The number of hydrogen-bond acceptors (Lipinski definition) is 1. The Morgan fingerprint density at radius 1 is 1.35 bits per heavy atom. The quantitative estimate of drug-likeness (QED) is 0.837. The summed E-state index contributed by atoms with van der Waals surface area (Å²) in [6.45, 7) is 8.11. The Bertz CT molecular complexity index is 393. The molecule has 17 heavy (non-hydrogen) atoms. The predicted octanol–water partition coefficient (Wildman–Crippen LogP) is 3.62. The van der Waals surface area contributed by atoms with Gasteiger partial charge in [-0.1, -0.05) is 39.0 Å². The molecule has 94 valence electrons. The van der Waals surface area contributed by atoms with Crippen LogP contribution in [0.3, 0.4) is 0 Å². The van der Waals surface area contributed by atoms with E-state index in [4.69, 9.17) is 0 Å². The highest BCUT2D eigenvalue weighted by Crippen LogP contribution is 2.42. The van der Waals surface area contributed by atoms with Crippen LogP contribution in [0.4, 0.5) is 0 Å². The van der Waals surface area contributed by atoms with Crippen LogP contribution in [0.1, 0.15) is 56.2 Å². The number of aryl methyl sites for hydroxylation is 1. The molecule has 2 rings (SSSR count). The summed E-state index contributed by atoms with van der Waals surface area (Å²) in [7, 11) is 2.06. The number of hydrogen-bond donors (Lipinski definition) is 1. The maximum Gasteiger partial charge on any atom is 0.00172 e. The van der Waals surface area contributed by atoms with Gasteiger partial charge in [0.05, 0.1) is 0 Å². The molecule has 0 saturated heterocycles. The molecule has 0 heterocycles. The van der Waals surface area contributed by atoms with E-state index in [1.165, 1.54) is 18.4 Å². The third kappa shape index (κ3) is 2.40. The van der Waals surface area contributed by atoms with E-state index in [-0.39, 0.29) is 0 Å². The van der Waals surface area contributed by atoms with Crippen molar-refractivity contribution < 1.29 is 0 Å². The molecule has 0 radical (unpaired) electrons. The van der Waals surface area contributed by atoms with Gasteiger partial charge in [0, 0.05) is 6.54 Å². The van der Waals surface area contributed by atoms with Crippen LogP contribution in [0.25, 0.3) is 0 Å². The van der Waals surface area contributed by atoms with Crippen LogP contribution in [0.15, 0.2) is 18.2 Å². The highest BCUT2D eigenvalue weighted by molar-refractivity contribution is 5.41. The van der Waals surface area contributed by atoms with Crippen molar-refractivity contribution in [2.24, 2.45) is 0 Å². The van der Waals surface area contributed by atoms with Gasteiger partial charge in [0.25, 0.3) is 0 Å². The number of likely N-dealkylation sites (N-methyl/N-ethyl adjacent to an activating group) is 1. The maximum atomic E-state index is 3.34. The molecule has 0 aromatic heterocycles. The first kappa shape index (κ1) is 12.6. The molecule has 1 aliphatic carbocycles. The summed E-state index contributed by atoms with van der Waals surface area (Å²) in [5, 5.41) is 3.34. The lowest BCUT2D eigenvalue weighted by atomic mass is 9.68. The fraction of sp³-hybridized carbons (Fsp3) is 0.625. The van der Waals surface area contributed by atoms with E-state index in [1.807, 2.05) is 0 Å². The minimum atomic E-state index is 0.353. The summed E-state index contributed by atoms with van der Waals surface area (Å²) in [6, 6.07) is 7.12. The molecule has 1 heteroatoms. The summed E-state index contributed by atoms with van der Waals surface area (Å²) in [5.74, 6) is 0.703. The SMILES string of the molecule is CCc1ccc2c(c1)C(CNC)CCC2(C)C. The summed E-state index contributed by atoms with van der Waals surface area (Å²) < 4.78 is 0. The van der Waals surface area contributed by atoms with Crippen molar-refractivity contribution >= 4 is 0 Å². The molecule has 0 fully saturated rings. The summed E-state index contributed by atoms with van der Waals surface area (Å²) in [4.78, 5) is 0. The summed E-state index contributed by atoms with van der Waals surface area (Å²) >= 11 is 0. The van der Waals surface area contributed by atoms with E-state index < -0.39 is 0 Å². The van der Waals surface area contributed by atoms with Gasteiger partial charge in [0.15, 0.2) is 0 Å². The van der Waals surface area contributed by atoms with Gasteiger partial charge in [-0.05, 0) is 54.3 Å². The Balaban J connectivity index is 2.44. The smallest absolute Gasteiger partial charge is 0.00172 e. The topological polar surface area (TPSA) is 12.0 Å².